The molecule has 0 N–H and O–H groups in total. The van der Waals surface area contributed by atoms with Gasteiger partial charge in [0.2, 0.25) is 0 Å². The molecule has 1 amide bonds. The minimum absolute atomic E-state index is 0.0506. The van der Waals surface area contributed by atoms with Crippen molar-refractivity contribution in [3.63, 3.8) is 0 Å². The van der Waals surface area contributed by atoms with Crippen LogP contribution in [-0.2, 0) is 25.4 Å². The van der Waals surface area contributed by atoms with Crippen molar-refractivity contribution in [1.82, 2.24) is 9.88 Å². The van der Waals surface area contributed by atoms with E-state index in [9.17, 15) is 4.79 Å². The molecule has 4 heterocycles. The van der Waals surface area contributed by atoms with E-state index >= 15 is 0 Å². The van der Waals surface area contributed by atoms with Gasteiger partial charge < -0.3 is 23.8 Å². The Morgan fingerprint density at radius 1 is 1.32 bits per heavy atom. The number of carbonyl (C=O) groups excluding carboxylic acids is 1. The molecule has 0 aromatic carbocycles. The van der Waals surface area contributed by atoms with Gasteiger partial charge in [0.15, 0.2) is 0 Å². The molecular formula is C27H38N2O5. The van der Waals surface area contributed by atoms with Gasteiger partial charge in [-0.15, -0.1) is 0 Å². The fourth-order valence-electron chi connectivity index (χ4n) is 6.07. The predicted molar refractivity (Wildman–Crippen MR) is 127 cm³/mol. The van der Waals surface area contributed by atoms with E-state index in [0.717, 1.165) is 57.5 Å². The molecule has 3 aliphatic heterocycles. The molecular weight excluding hydrogens is 432 g/mol. The SMILES string of the molecule is CO[C@H]1C([C@@]2(C)O[C@@H]2CC=C(C)C)[C@]2(CC[C@H]1OC(=O)N1CC(CCc3ccccn3)C1)CO2. The number of nitrogens with zero attached hydrogens (tertiary/aromatic N) is 2. The molecule has 6 atom stereocenters. The van der Waals surface area contributed by atoms with Crippen LogP contribution in [0.2, 0.25) is 0 Å². The summed E-state index contributed by atoms with van der Waals surface area (Å²) in [5, 5.41) is 0. The van der Waals surface area contributed by atoms with Crippen molar-refractivity contribution in [2.45, 2.75) is 82.4 Å². The number of rotatable bonds is 8. The van der Waals surface area contributed by atoms with E-state index in [-0.39, 0.29) is 41.5 Å². The van der Waals surface area contributed by atoms with Gasteiger partial charge in [0.25, 0.3) is 0 Å². The number of aromatic nitrogens is 1. The number of aryl methyl sites for hydroxylation is 1. The van der Waals surface area contributed by atoms with Crippen molar-refractivity contribution in [2.24, 2.45) is 11.8 Å². The lowest BCUT2D eigenvalue weighted by Crippen LogP contribution is -2.57. The normalized spacial score (nSPS) is 36.6. The summed E-state index contributed by atoms with van der Waals surface area (Å²) in [7, 11) is 1.72. The molecule has 1 saturated carbocycles. The Morgan fingerprint density at radius 2 is 2.12 bits per heavy atom. The van der Waals surface area contributed by atoms with Crippen LogP contribution in [-0.4, -0.2) is 72.3 Å². The number of hydrogen-bond acceptors (Lipinski definition) is 6. The molecule has 4 aliphatic rings. The van der Waals surface area contributed by atoms with E-state index < -0.39 is 0 Å². The van der Waals surface area contributed by atoms with Crippen molar-refractivity contribution >= 4 is 6.09 Å². The maximum atomic E-state index is 12.9. The highest BCUT2D eigenvalue weighted by Gasteiger charge is 2.72. The molecule has 1 spiro atoms. The summed E-state index contributed by atoms with van der Waals surface area (Å²) >= 11 is 0. The van der Waals surface area contributed by atoms with Crippen LogP contribution in [0.5, 0.6) is 0 Å². The van der Waals surface area contributed by atoms with E-state index in [1.807, 2.05) is 23.2 Å². The largest absolute Gasteiger partial charge is 0.443 e. The second-order valence-corrected chi connectivity index (χ2v) is 10.9. The maximum Gasteiger partial charge on any atom is 0.410 e. The summed E-state index contributed by atoms with van der Waals surface area (Å²) in [6.07, 6.45) is 7.96. The minimum atomic E-state index is -0.318. The minimum Gasteiger partial charge on any atom is -0.443 e. The molecule has 7 heteroatoms. The number of epoxide rings is 2. The Balaban J connectivity index is 1.16. The van der Waals surface area contributed by atoms with Crippen molar-refractivity contribution < 1.29 is 23.7 Å². The van der Waals surface area contributed by atoms with Gasteiger partial charge in [-0.2, -0.15) is 0 Å². The van der Waals surface area contributed by atoms with Crippen molar-refractivity contribution in [3.05, 3.63) is 41.7 Å². The summed E-state index contributed by atoms with van der Waals surface area (Å²) in [6.45, 7) is 8.62. The molecule has 0 bridgehead atoms. The van der Waals surface area contributed by atoms with Gasteiger partial charge in [0.1, 0.15) is 23.4 Å². The van der Waals surface area contributed by atoms with Crippen molar-refractivity contribution in [1.29, 1.82) is 0 Å². The average Bonchev–Trinajstić information content (AvgIpc) is 3.70. The maximum absolute atomic E-state index is 12.9. The van der Waals surface area contributed by atoms with Crippen LogP contribution in [0.4, 0.5) is 4.79 Å². The third-order valence-electron chi connectivity index (χ3n) is 8.24. The van der Waals surface area contributed by atoms with Gasteiger partial charge in [-0.1, -0.05) is 17.7 Å². The van der Waals surface area contributed by atoms with Gasteiger partial charge >= 0.3 is 6.09 Å². The molecule has 7 nitrogen and oxygen atoms in total. The second kappa shape index (κ2) is 9.25. The van der Waals surface area contributed by atoms with Gasteiger partial charge in [-0.05, 0) is 70.9 Å². The zero-order chi connectivity index (χ0) is 23.9. The third-order valence-corrected chi connectivity index (χ3v) is 8.24. The van der Waals surface area contributed by atoms with Gasteiger partial charge in [-0.25, -0.2) is 4.79 Å². The highest BCUT2D eigenvalue weighted by atomic mass is 16.6. The molecule has 186 valence electrons. The molecule has 5 rings (SSSR count). The first-order valence-corrected chi connectivity index (χ1v) is 12.7. The first-order chi connectivity index (χ1) is 16.3. The average molecular weight is 471 g/mol. The fraction of sp³-hybridized carbons (Fsp3) is 0.704. The highest BCUT2D eigenvalue weighted by Crippen LogP contribution is 2.59. The predicted octanol–water partition coefficient (Wildman–Crippen LogP) is 4.16. The second-order valence-electron chi connectivity index (χ2n) is 10.9. The Kier molecular flexibility index (Phi) is 6.46. The number of amides is 1. The van der Waals surface area contributed by atoms with Crippen LogP contribution < -0.4 is 0 Å². The lowest BCUT2D eigenvalue weighted by molar-refractivity contribution is -0.124. The van der Waals surface area contributed by atoms with Crippen LogP contribution in [0.1, 0.15) is 52.1 Å². The molecule has 1 unspecified atom stereocenters. The number of pyridine rings is 1. The Bertz CT molecular complexity index is 907. The van der Waals surface area contributed by atoms with E-state index in [2.05, 4.69) is 37.9 Å². The Labute approximate surface area is 202 Å². The van der Waals surface area contributed by atoms with Gasteiger partial charge in [0.05, 0.1) is 18.6 Å². The van der Waals surface area contributed by atoms with Crippen LogP contribution >= 0.6 is 0 Å². The van der Waals surface area contributed by atoms with Crippen LogP contribution in [0.25, 0.3) is 0 Å². The van der Waals surface area contributed by atoms with Crippen molar-refractivity contribution in [3.8, 4) is 0 Å². The fourth-order valence-corrected chi connectivity index (χ4v) is 6.07. The number of allylic oxidation sites excluding steroid dienone is 1. The molecule has 34 heavy (non-hydrogen) atoms. The summed E-state index contributed by atoms with van der Waals surface area (Å²) in [6, 6.07) is 6.01. The zero-order valence-corrected chi connectivity index (χ0v) is 20.9. The monoisotopic (exact) mass is 470 g/mol. The molecule has 1 aromatic heterocycles. The number of carbonyl (C=O) groups is 1. The van der Waals surface area contributed by atoms with E-state index in [1.165, 1.54) is 5.57 Å². The topological polar surface area (TPSA) is 76.7 Å². The number of ether oxygens (including phenoxy) is 4. The quantitative estimate of drug-likeness (QED) is 0.419. The van der Waals surface area contributed by atoms with Crippen LogP contribution in [0.3, 0.4) is 0 Å². The first-order valence-electron chi connectivity index (χ1n) is 12.7. The highest BCUT2D eigenvalue weighted by molar-refractivity contribution is 5.69. The molecule has 3 saturated heterocycles. The van der Waals surface area contributed by atoms with Gasteiger partial charge in [-0.3, -0.25) is 4.98 Å². The summed E-state index contributed by atoms with van der Waals surface area (Å²) in [5.74, 6) is 0.555. The van der Waals surface area contributed by atoms with Crippen LogP contribution in [0.15, 0.2) is 36.0 Å². The summed E-state index contributed by atoms with van der Waals surface area (Å²) < 4.78 is 24.3. The summed E-state index contributed by atoms with van der Waals surface area (Å²) in [5.41, 5.74) is 1.88. The van der Waals surface area contributed by atoms with E-state index in [1.54, 1.807) is 7.11 Å². The number of methoxy groups -OCH3 is 1. The standard InChI is InChI=1S/C27H38N2O5/c1-18(2)8-11-22-26(3,34-22)24-23(31-4)21(12-13-27(24)17-32-27)33-25(30)29-15-19(16-29)9-10-20-7-5-6-14-28-20/h5-8,14,19,21-24H,9-13,15-17H2,1-4H3/t21-,22-,23-,24?,26+,27+/m1/s1. The van der Waals surface area contributed by atoms with Crippen molar-refractivity contribution in [2.75, 3.05) is 26.8 Å². The molecule has 0 radical (unpaired) electrons. The molecule has 1 aliphatic carbocycles. The third kappa shape index (κ3) is 4.62. The number of likely N-dealkylation sites (tertiary alicyclic amines) is 1. The van der Waals surface area contributed by atoms with Crippen LogP contribution in [0, 0.1) is 11.8 Å². The zero-order valence-electron chi connectivity index (χ0n) is 20.9. The Morgan fingerprint density at radius 3 is 2.76 bits per heavy atom. The molecule has 1 aromatic rings. The van der Waals surface area contributed by atoms with E-state index in [0.29, 0.717) is 5.92 Å². The van der Waals surface area contributed by atoms with E-state index in [4.69, 9.17) is 18.9 Å². The lowest BCUT2D eigenvalue weighted by Gasteiger charge is -2.44. The Hall–Kier alpha value is -1.96. The molecule has 4 fully saturated rings. The smallest absolute Gasteiger partial charge is 0.410 e. The number of hydrogen-bond donors (Lipinski definition) is 0. The van der Waals surface area contributed by atoms with Gasteiger partial charge in [0, 0.05) is 32.1 Å². The first kappa shape index (κ1) is 23.8. The lowest BCUT2D eigenvalue weighted by atomic mass is 9.68. The summed E-state index contributed by atoms with van der Waals surface area (Å²) in [4.78, 5) is 19.1.